The summed E-state index contributed by atoms with van der Waals surface area (Å²) in [6, 6.07) is 24.7. The minimum atomic E-state index is -3.88. The largest absolute Gasteiger partial charge is 0.461 e. The lowest BCUT2D eigenvalue weighted by Crippen LogP contribution is -2.62. The van der Waals surface area contributed by atoms with Crippen molar-refractivity contribution >= 4 is 57.5 Å². The molecule has 1 atom stereocenters. The van der Waals surface area contributed by atoms with Crippen LogP contribution in [0.25, 0.3) is 0 Å². The second kappa shape index (κ2) is 13.2. The fourth-order valence-electron chi connectivity index (χ4n) is 4.44. The van der Waals surface area contributed by atoms with Crippen LogP contribution in [-0.2, 0) is 33.9 Å². The zero-order chi connectivity index (χ0) is 30.6. The number of carbonyl (C=O) groups is 3. The van der Waals surface area contributed by atoms with Crippen molar-refractivity contribution in [2.45, 2.75) is 30.2 Å². The Morgan fingerprint density at radius 2 is 1.63 bits per heavy atom. The third-order valence-corrected chi connectivity index (χ3v) is 10.2. The molecule has 1 N–H and O–H groups in total. The van der Waals surface area contributed by atoms with Crippen molar-refractivity contribution < 1.29 is 32.3 Å². The van der Waals surface area contributed by atoms with Gasteiger partial charge < -0.3 is 9.47 Å². The highest BCUT2D eigenvalue weighted by Gasteiger charge is 2.52. The van der Waals surface area contributed by atoms with E-state index < -0.39 is 39.3 Å². The summed E-state index contributed by atoms with van der Waals surface area (Å²) in [5, 5.41) is -0.653. The normalized spacial score (nSPS) is 17.5. The van der Waals surface area contributed by atoms with E-state index in [1.807, 2.05) is 67.6 Å². The summed E-state index contributed by atoms with van der Waals surface area (Å²) >= 11 is 1.82. The minimum absolute atomic E-state index is 0.0175. The van der Waals surface area contributed by atoms with E-state index in [1.165, 1.54) is 35.7 Å². The molecule has 10 nitrogen and oxygen atoms in total. The Hall–Kier alpha value is -3.91. The highest BCUT2D eigenvalue weighted by molar-refractivity contribution is 8.08. The molecule has 0 radical (unpaired) electrons. The number of hydrogen-bond donors (Lipinski definition) is 1. The number of β-lactam (4-membered cyclic amide) rings is 1. The minimum Gasteiger partial charge on any atom is -0.461 e. The maximum atomic E-state index is 13.8. The molecule has 0 spiro atoms. The van der Waals surface area contributed by atoms with Gasteiger partial charge in [-0.15, -0.1) is 15.9 Å². The lowest BCUT2D eigenvalue weighted by atomic mass is 10.0. The second-order valence-electron chi connectivity index (χ2n) is 9.65. The second-order valence-corrected chi connectivity index (χ2v) is 13.2. The third kappa shape index (κ3) is 6.85. The number of rotatable bonds is 10. The van der Waals surface area contributed by atoms with Gasteiger partial charge in [0, 0.05) is 18.2 Å². The van der Waals surface area contributed by atoms with Gasteiger partial charge >= 0.3 is 11.9 Å². The van der Waals surface area contributed by atoms with E-state index in [0.717, 1.165) is 16.7 Å². The lowest BCUT2D eigenvalue weighted by Gasteiger charge is -2.44. The number of amides is 1. The van der Waals surface area contributed by atoms with E-state index in [-0.39, 0.29) is 28.7 Å². The van der Waals surface area contributed by atoms with Gasteiger partial charge in [0.05, 0.1) is 17.0 Å². The summed E-state index contributed by atoms with van der Waals surface area (Å²) in [5.74, 6) is -1.62. The van der Waals surface area contributed by atoms with Crippen molar-refractivity contribution in [2.75, 3.05) is 12.4 Å². The Morgan fingerprint density at radius 3 is 2.21 bits per heavy atom. The van der Waals surface area contributed by atoms with Gasteiger partial charge in [0.15, 0.2) is 6.10 Å². The number of esters is 2. The number of sulfonamides is 1. The van der Waals surface area contributed by atoms with Crippen molar-refractivity contribution in [2.24, 2.45) is 4.40 Å². The highest BCUT2D eigenvalue weighted by Crippen LogP contribution is 2.41. The standard InChI is InChI=1S/C30H27N3O7S3/c1-19-13-15-24(16-14-19)43(37,38)32-42-31-25-28(35)33-26(23(17-39-20(2)34)18-41-29(25)33)30(36)40-27(21-9-5-3-6-10-21)22-11-7-4-8-12-22/h3-16,27,29,32H,17-18H2,1-2H3/b31-25-/t29-/m1/s1. The molecular weight excluding hydrogens is 611 g/mol. The van der Waals surface area contributed by atoms with Gasteiger partial charge in [0.1, 0.15) is 23.4 Å². The smallest absolute Gasteiger partial charge is 0.356 e. The van der Waals surface area contributed by atoms with Crippen LogP contribution in [0.3, 0.4) is 0 Å². The summed E-state index contributed by atoms with van der Waals surface area (Å²) in [6.07, 6.45) is -0.762. The van der Waals surface area contributed by atoms with E-state index in [9.17, 15) is 22.8 Å². The van der Waals surface area contributed by atoms with E-state index in [1.54, 1.807) is 12.1 Å². The van der Waals surface area contributed by atoms with E-state index in [2.05, 4.69) is 8.53 Å². The average molecular weight is 638 g/mol. The molecule has 1 saturated heterocycles. The van der Waals surface area contributed by atoms with Crippen molar-refractivity contribution in [3.8, 4) is 0 Å². The van der Waals surface area contributed by atoms with E-state index in [4.69, 9.17) is 9.47 Å². The first-order valence-electron chi connectivity index (χ1n) is 13.1. The monoisotopic (exact) mass is 637 g/mol. The molecular formula is C30H27N3O7S3. The number of nitrogens with zero attached hydrogens (tertiary/aromatic N) is 2. The van der Waals surface area contributed by atoms with Crippen LogP contribution in [0.4, 0.5) is 0 Å². The molecule has 2 heterocycles. The van der Waals surface area contributed by atoms with Crippen LogP contribution >= 0.6 is 23.9 Å². The molecule has 0 bridgehead atoms. The number of thioether (sulfide) groups is 1. The summed E-state index contributed by atoms with van der Waals surface area (Å²) in [6.45, 7) is 2.91. The van der Waals surface area contributed by atoms with Crippen molar-refractivity contribution in [3.63, 3.8) is 0 Å². The van der Waals surface area contributed by atoms with Gasteiger partial charge in [0.25, 0.3) is 15.9 Å². The zero-order valence-electron chi connectivity index (χ0n) is 23.1. The Bertz CT molecular complexity index is 1650. The SMILES string of the molecule is CC(=O)OCC1=C(C(=O)OC(c2ccccc2)c2ccccc2)N2C(=O)/C(=N/SNS(=O)(=O)c3ccc(C)cc3)[C@H]2SC1. The van der Waals surface area contributed by atoms with Crippen LogP contribution in [0.15, 0.2) is 105 Å². The molecule has 43 heavy (non-hydrogen) atoms. The van der Waals surface area contributed by atoms with Crippen LogP contribution < -0.4 is 4.13 Å². The number of fused-ring (bicyclic) bond motifs is 1. The fourth-order valence-corrected chi connectivity index (χ4v) is 7.44. The molecule has 0 saturated carbocycles. The number of nitrogens with one attached hydrogen (secondary N) is 1. The molecule has 5 rings (SSSR count). The van der Waals surface area contributed by atoms with Gasteiger partial charge in [-0.1, -0.05) is 78.4 Å². The molecule has 1 amide bonds. The topological polar surface area (TPSA) is 131 Å². The van der Waals surface area contributed by atoms with Crippen molar-refractivity contribution in [1.29, 1.82) is 0 Å². The van der Waals surface area contributed by atoms with Crippen LogP contribution in [-0.4, -0.2) is 54.6 Å². The number of aryl methyl sites for hydroxylation is 1. The fraction of sp³-hybridized carbons (Fsp3) is 0.200. The van der Waals surface area contributed by atoms with Gasteiger partial charge in [-0.2, -0.15) is 4.40 Å². The van der Waals surface area contributed by atoms with Crippen LogP contribution in [0.5, 0.6) is 0 Å². The zero-order valence-corrected chi connectivity index (χ0v) is 25.6. The van der Waals surface area contributed by atoms with Crippen LogP contribution in [0.2, 0.25) is 0 Å². The molecule has 1 fully saturated rings. The van der Waals surface area contributed by atoms with Crippen molar-refractivity contribution in [1.82, 2.24) is 9.03 Å². The van der Waals surface area contributed by atoms with Gasteiger partial charge in [-0.25, -0.2) is 13.2 Å². The predicted octanol–water partition coefficient (Wildman–Crippen LogP) is 4.34. The maximum absolute atomic E-state index is 13.8. The van der Waals surface area contributed by atoms with Gasteiger partial charge in [-0.05, 0) is 30.2 Å². The molecule has 0 aromatic heterocycles. The molecule has 2 aliphatic rings. The first-order valence-corrected chi connectivity index (χ1v) is 16.4. The predicted molar refractivity (Wildman–Crippen MR) is 164 cm³/mol. The summed E-state index contributed by atoms with van der Waals surface area (Å²) in [4.78, 5) is 40.0. The lowest BCUT2D eigenvalue weighted by molar-refractivity contribution is -0.148. The first kappa shape index (κ1) is 30.5. The van der Waals surface area contributed by atoms with E-state index >= 15 is 0 Å². The molecule has 13 heteroatoms. The quantitative estimate of drug-likeness (QED) is 0.196. The Labute approximate surface area is 257 Å². The van der Waals surface area contributed by atoms with E-state index in [0.29, 0.717) is 17.7 Å². The van der Waals surface area contributed by atoms with Crippen LogP contribution in [0, 0.1) is 6.92 Å². The van der Waals surface area contributed by atoms with Gasteiger partial charge in [-0.3, -0.25) is 14.5 Å². The molecule has 222 valence electrons. The molecule has 3 aromatic carbocycles. The van der Waals surface area contributed by atoms with Gasteiger partial charge in [0.2, 0.25) is 0 Å². The molecule has 0 unspecified atom stereocenters. The van der Waals surface area contributed by atoms with Crippen LogP contribution in [0.1, 0.15) is 29.7 Å². The highest BCUT2D eigenvalue weighted by atomic mass is 32.3. The number of hydrogen-bond acceptors (Lipinski definition) is 10. The first-order chi connectivity index (χ1) is 20.7. The Morgan fingerprint density at radius 1 is 1.02 bits per heavy atom. The molecule has 2 aliphatic heterocycles. The summed E-state index contributed by atoms with van der Waals surface area (Å²) in [5.41, 5.74) is 2.87. The molecule has 3 aromatic rings. The third-order valence-electron chi connectivity index (χ3n) is 6.59. The Balaban J connectivity index is 1.38. The number of carbonyl (C=O) groups excluding carboxylic acids is 3. The maximum Gasteiger partial charge on any atom is 0.356 e. The Kier molecular flexibility index (Phi) is 9.35. The number of ether oxygens (including phenoxy) is 2. The summed E-state index contributed by atoms with van der Waals surface area (Å²) in [7, 11) is -3.88. The average Bonchev–Trinajstić information content (AvgIpc) is 3.01. The molecule has 0 aliphatic carbocycles. The number of benzene rings is 3. The van der Waals surface area contributed by atoms with Crippen molar-refractivity contribution in [3.05, 3.63) is 113 Å². The summed E-state index contributed by atoms with van der Waals surface area (Å²) < 4.78 is 42.9.